The lowest BCUT2D eigenvalue weighted by molar-refractivity contribution is -0.153. The molecule has 3 rings (SSSR count). The maximum atomic E-state index is 13.5. The van der Waals surface area contributed by atoms with Crippen molar-refractivity contribution in [2.45, 2.75) is 6.18 Å². The van der Waals surface area contributed by atoms with Crippen LogP contribution in [0.15, 0.2) is 53.3 Å². The zero-order valence-electron chi connectivity index (χ0n) is 16.4. The minimum atomic E-state index is -4.57. The molecule has 31 heavy (non-hydrogen) atoms. The van der Waals surface area contributed by atoms with Crippen LogP contribution in [0.3, 0.4) is 0 Å². The maximum Gasteiger partial charge on any atom is 0.422 e. The summed E-state index contributed by atoms with van der Waals surface area (Å²) in [5.74, 6) is -0.783. The van der Waals surface area contributed by atoms with E-state index in [-0.39, 0.29) is 23.9 Å². The van der Waals surface area contributed by atoms with E-state index in [1.54, 1.807) is 12.1 Å². The van der Waals surface area contributed by atoms with Crippen molar-refractivity contribution >= 4 is 23.1 Å². The summed E-state index contributed by atoms with van der Waals surface area (Å²) in [4.78, 5) is 22.1. The molecule has 0 aliphatic carbocycles. The molecule has 2 aromatic rings. The smallest absolute Gasteiger partial charge is 0.422 e. The van der Waals surface area contributed by atoms with Gasteiger partial charge in [-0.05, 0) is 24.3 Å². The number of hydrogen-bond acceptors (Lipinski definition) is 6. The van der Waals surface area contributed by atoms with Gasteiger partial charge in [0.05, 0.1) is 17.8 Å². The summed E-state index contributed by atoms with van der Waals surface area (Å²) in [5.41, 5.74) is 7.24. The number of benzene rings is 1. The van der Waals surface area contributed by atoms with Gasteiger partial charge in [-0.2, -0.15) is 13.2 Å². The lowest BCUT2D eigenvalue weighted by atomic mass is 10.2. The summed E-state index contributed by atoms with van der Waals surface area (Å²) in [6, 6.07) is 6.45. The van der Waals surface area contributed by atoms with Crippen LogP contribution < -0.4 is 20.7 Å². The van der Waals surface area contributed by atoms with E-state index in [1.165, 1.54) is 25.5 Å². The Morgan fingerprint density at radius 3 is 2.71 bits per heavy atom. The standard InChI is InChI=1S/C20H19F4N5O2/c1-26-19(30)12-2-5-18(27-8-12)29-9-13(7-25)16(10-29)28-15-4-3-14(21)6-17(15)31-11-20(22,23)24/h2-8H,9-11,25H2,1H3,(H,26,30). The highest BCUT2D eigenvalue weighted by Crippen LogP contribution is 2.32. The molecule has 1 saturated heterocycles. The number of aromatic nitrogens is 1. The highest BCUT2D eigenvalue weighted by atomic mass is 19.4. The SMILES string of the molecule is CNC(=O)c1ccc(N2CC(=CN)C(=Nc3ccc(F)cc3OCC(F)(F)F)C2)nc1. The molecule has 0 spiro atoms. The van der Waals surface area contributed by atoms with E-state index >= 15 is 0 Å². The van der Waals surface area contributed by atoms with Gasteiger partial charge in [-0.3, -0.25) is 4.79 Å². The van der Waals surface area contributed by atoms with Crippen LogP contribution in [0.5, 0.6) is 5.75 Å². The highest BCUT2D eigenvalue weighted by Gasteiger charge is 2.29. The molecule has 0 unspecified atom stereocenters. The van der Waals surface area contributed by atoms with Gasteiger partial charge in [-0.1, -0.05) is 0 Å². The number of nitrogens with zero attached hydrogens (tertiary/aromatic N) is 3. The first-order valence-electron chi connectivity index (χ1n) is 9.11. The molecule has 0 radical (unpaired) electrons. The van der Waals surface area contributed by atoms with Crippen molar-refractivity contribution in [2.24, 2.45) is 10.7 Å². The number of amides is 1. The zero-order chi connectivity index (χ0) is 22.6. The number of nitrogens with one attached hydrogen (secondary N) is 1. The second kappa shape index (κ2) is 9.02. The van der Waals surface area contributed by atoms with E-state index in [0.29, 0.717) is 29.2 Å². The van der Waals surface area contributed by atoms with Gasteiger partial charge in [-0.15, -0.1) is 0 Å². The van der Waals surface area contributed by atoms with Crippen LogP contribution in [-0.4, -0.2) is 49.5 Å². The Morgan fingerprint density at radius 1 is 1.32 bits per heavy atom. The minimum Gasteiger partial charge on any atom is -0.482 e. The average Bonchev–Trinajstić information content (AvgIpc) is 3.15. The second-order valence-electron chi connectivity index (χ2n) is 6.61. The molecule has 1 aromatic carbocycles. The van der Waals surface area contributed by atoms with E-state index in [4.69, 9.17) is 10.5 Å². The molecule has 0 saturated carbocycles. The third-order valence-electron chi connectivity index (χ3n) is 4.40. The molecule has 0 bridgehead atoms. The summed E-state index contributed by atoms with van der Waals surface area (Å²) in [7, 11) is 1.51. The average molecular weight is 437 g/mol. The van der Waals surface area contributed by atoms with Crippen LogP contribution >= 0.6 is 0 Å². The number of hydrogen-bond donors (Lipinski definition) is 2. The van der Waals surface area contributed by atoms with Crippen LogP contribution in [0, 0.1) is 5.82 Å². The first-order valence-corrected chi connectivity index (χ1v) is 9.11. The predicted molar refractivity (Wildman–Crippen MR) is 107 cm³/mol. The van der Waals surface area contributed by atoms with Gasteiger partial charge in [0.1, 0.15) is 23.1 Å². The number of nitrogens with two attached hydrogens (primary N) is 1. The zero-order valence-corrected chi connectivity index (χ0v) is 16.4. The van der Waals surface area contributed by atoms with Crippen LogP contribution in [0.4, 0.5) is 29.1 Å². The van der Waals surface area contributed by atoms with E-state index in [0.717, 1.165) is 12.1 Å². The van der Waals surface area contributed by atoms with Crippen LogP contribution in [0.2, 0.25) is 0 Å². The highest BCUT2D eigenvalue weighted by molar-refractivity contribution is 6.08. The molecule has 164 valence electrons. The molecule has 0 atom stereocenters. The number of ether oxygens (including phenoxy) is 1. The fourth-order valence-electron chi connectivity index (χ4n) is 2.91. The number of aliphatic imine (C=N–C) groups is 1. The summed E-state index contributed by atoms with van der Waals surface area (Å²) >= 11 is 0. The largest absolute Gasteiger partial charge is 0.482 e. The van der Waals surface area contributed by atoms with Crippen molar-refractivity contribution < 1.29 is 27.1 Å². The number of carbonyl (C=O) groups excluding carboxylic acids is 1. The molecule has 2 heterocycles. The third kappa shape index (κ3) is 5.50. The first kappa shape index (κ1) is 22.1. The van der Waals surface area contributed by atoms with Gasteiger partial charge in [0.15, 0.2) is 6.61 Å². The number of anilines is 1. The second-order valence-corrected chi connectivity index (χ2v) is 6.61. The lowest BCUT2D eigenvalue weighted by Gasteiger charge is -2.15. The van der Waals surface area contributed by atoms with Gasteiger partial charge in [0.2, 0.25) is 0 Å². The number of alkyl halides is 3. The maximum absolute atomic E-state index is 13.5. The van der Waals surface area contributed by atoms with E-state index in [2.05, 4.69) is 15.3 Å². The van der Waals surface area contributed by atoms with Crippen molar-refractivity contribution in [3.63, 3.8) is 0 Å². The van der Waals surface area contributed by atoms with Gasteiger partial charge in [0, 0.05) is 37.6 Å². The van der Waals surface area contributed by atoms with Crippen molar-refractivity contribution in [3.8, 4) is 5.75 Å². The van der Waals surface area contributed by atoms with Gasteiger partial charge >= 0.3 is 6.18 Å². The number of halogens is 4. The molecule has 7 nitrogen and oxygen atoms in total. The fourth-order valence-corrected chi connectivity index (χ4v) is 2.91. The Labute approximate surface area is 175 Å². The summed E-state index contributed by atoms with van der Waals surface area (Å²) in [6.07, 6.45) is -1.80. The fraction of sp³-hybridized carbons (Fsp3) is 0.250. The minimum absolute atomic E-state index is 0.0461. The Kier molecular flexibility index (Phi) is 6.42. The summed E-state index contributed by atoms with van der Waals surface area (Å²) < 4.78 is 55.8. The quantitative estimate of drug-likeness (QED) is 0.702. The molecule has 1 amide bonds. The molecule has 1 aliphatic heterocycles. The molecule has 1 aromatic heterocycles. The van der Waals surface area contributed by atoms with E-state index < -0.39 is 18.6 Å². The number of carbonyl (C=O) groups is 1. The molecule has 3 N–H and O–H groups in total. The molecule has 1 aliphatic rings. The monoisotopic (exact) mass is 437 g/mol. The Hall–Kier alpha value is -3.63. The third-order valence-corrected chi connectivity index (χ3v) is 4.40. The number of pyridine rings is 1. The van der Waals surface area contributed by atoms with E-state index in [9.17, 15) is 22.4 Å². The van der Waals surface area contributed by atoms with Gasteiger partial charge in [0.25, 0.3) is 5.91 Å². The van der Waals surface area contributed by atoms with Crippen molar-refractivity contribution in [1.29, 1.82) is 0 Å². The van der Waals surface area contributed by atoms with Crippen molar-refractivity contribution in [1.82, 2.24) is 10.3 Å². The number of rotatable bonds is 5. The van der Waals surface area contributed by atoms with Crippen molar-refractivity contribution in [3.05, 3.63) is 59.7 Å². The molecular formula is C20H19F4N5O2. The Balaban J connectivity index is 1.85. The molecule has 11 heteroatoms. The molecule has 1 fully saturated rings. The topological polar surface area (TPSA) is 92.8 Å². The summed E-state index contributed by atoms with van der Waals surface area (Å²) in [5, 5.41) is 2.50. The Bertz CT molecular complexity index is 1020. The predicted octanol–water partition coefficient (Wildman–Crippen LogP) is 2.96. The normalized spacial score (nSPS) is 16.7. The van der Waals surface area contributed by atoms with Crippen LogP contribution in [0.1, 0.15) is 10.4 Å². The Morgan fingerprint density at radius 2 is 2.10 bits per heavy atom. The van der Waals surface area contributed by atoms with E-state index in [1.807, 2.05) is 4.90 Å². The van der Waals surface area contributed by atoms with Crippen LogP contribution in [-0.2, 0) is 0 Å². The molecular weight excluding hydrogens is 418 g/mol. The lowest BCUT2D eigenvalue weighted by Crippen LogP contribution is -2.22. The summed E-state index contributed by atoms with van der Waals surface area (Å²) in [6.45, 7) is -0.964. The first-order chi connectivity index (χ1) is 14.7. The van der Waals surface area contributed by atoms with Gasteiger partial charge < -0.3 is 20.7 Å². The van der Waals surface area contributed by atoms with Crippen LogP contribution in [0.25, 0.3) is 0 Å². The van der Waals surface area contributed by atoms with Crippen molar-refractivity contribution in [2.75, 3.05) is 31.6 Å². The van der Waals surface area contributed by atoms with Gasteiger partial charge in [-0.25, -0.2) is 14.4 Å².